The van der Waals surface area contributed by atoms with Crippen molar-refractivity contribution in [1.29, 1.82) is 0 Å². The van der Waals surface area contributed by atoms with Crippen LogP contribution in [0.15, 0.2) is 42.5 Å². The summed E-state index contributed by atoms with van der Waals surface area (Å²) >= 11 is 0. The zero-order valence-corrected chi connectivity index (χ0v) is 15.7. The van der Waals surface area contributed by atoms with Crippen LogP contribution in [0.4, 0.5) is 0 Å². The third-order valence-corrected chi connectivity index (χ3v) is 3.95. The van der Waals surface area contributed by atoms with Crippen LogP contribution in [0, 0.1) is 0 Å². The van der Waals surface area contributed by atoms with Gasteiger partial charge in [-0.05, 0) is 47.7 Å². The van der Waals surface area contributed by atoms with Crippen LogP contribution in [0.25, 0.3) is 0 Å². The average Bonchev–Trinajstić information content (AvgIpc) is 2.59. The molecule has 136 valence electrons. The molecule has 0 atom stereocenters. The highest BCUT2D eigenvalue weighted by molar-refractivity contribution is 5.43. The molecule has 2 rings (SSSR count). The first-order valence-electron chi connectivity index (χ1n) is 8.68. The summed E-state index contributed by atoms with van der Waals surface area (Å²) in [4.78, 5) is 0. The molecule has 0 spiro atoms. The van der Waals surface area contributed by atoms with Crippen molar-refractivity contribution in [2.75, 3.05) is 26.9 Å². The van der Waals surface area contributed by atoms with Crippen molar-refractivity contribution < 1.29 is 14.2 Å². The van der Waals surface area contributed by atoms with Crippen LogP contribution in [0.5, 0.6) is 17.2 Å². The smallest absolute Gasteiger partial charge is 0.161 e. The number of benzene rings is 2. The topological polar surface area (TPSA) is 53.7 Å². The van der Waals surface area contributed by atoms with E-state index in [4.69, 9.17) is 19.9 Å². The fourth-order valence-electron chi connectivity index (χ4n) is 2.67. The maximum absolute atomic E-state index is 5.94. The van der Waals surface area contributed by atoms with Crippen molar-refractivity contribution in [2.45, 2.75) is 32.6 Å². The van der Waals surface area contributed by atoms with E-state index in [9.17, 15) is 0 Å². The van der Waals surface area contributed by atoms with Crippen LogP contribution in [0.3, 0.4) is 0 Å². The summed E-state index contributed by atoms with van der Waals surface area (Å²) in [7, 11) is 1.64. The summed E-state index contributed by atoms with van der Waals surface area (Å²) in [5, 5.41) is 0. The predicted octanol–water partition coefficient (Wildman–Crippen LogP) is 3.95. The molecule has 4 nitrogen and oxygen atoms in total. The van der Waals surface area contributed by atoms with Gasteiger partial charge in [0, 0.05) is 0 Å². The molecular formula is C21H29NO3. The first kappa shape index (κ1) is 19.1. The summed E-state index contributed by atoms with van der Waals surface area (Å²) in [6.07, 6.45) is 0.823. The molecule has 4 heteroatoms. The van der Waals surface area contributed by atoms with E-state index < -0.39 is 0 Å². The summed E-state index contributed by atoms with van der Waals surface area (Å²) in [5.41, 5.74) is 7.97. The Labute approximate surface area is 150 Å². The Morgan fingerprint density at radius 2 is 1.56 bits per heavy atom. The van der Waals surface area contributed by atoms with E-state index in [2.05, 4.69) is 26.8 Å². The largest absolute Gasteiger partial charge is 0.493 e. The quantitative estimate of drug-likeness (QED) is 0.737. The van der Waals surface area contributed by atoms with Crippen molar-refractivity contribution in [3.63, 3.8) is 0 Å². The zero-order chi connectivity index (χ0) is 18.3. The molecule has 0 aliphatic carbocycles. The Hall–Kier alpha value is -2.20. The fraction of sp³-hybridized carbons (Fsp3) is 0.429. The molecule has 0 aliphatic heterocycles. The van der Waals surface area contributed by atoms with Gasteiger partial charge < -0.3 is 19.9 Å². The zero-order valence-electron chi connectivity index (χ0n) is 15.7. The molecule has 0 amide bonds. The lowest BCUT2D eigenvalue weighted by molar-refractivity contribution is 0.208. The first-order chi connectivity index (χ1) is 12.0. The molecule has 2 N–H and O–H groups in total. The maximum Gasteiger partial charge on any atom is 0.161 e. The summed E-state index contributed by atoms with van der Waals surface area (Å²) in [6.45, 7) is 8.08. The van der Waals surface area contributed by atoms with Crippen LogP contribution in [-0.4, -0.2) is 26.9 Å². The van der Waals surface area contributed by atoms with Gasteiger partial charge in [0.05, 0.1) is 7.11 Å². The van der Waals surface area contributed by atoms with E-state index in [1.165, 1.54) is 5.56 Å². The van der Waals surface area contributed by atoms with Gasteiger partial charge in [-0.15, -0.1) is 0 Å². The molecule has 0 heterocycles. The molecule has 0 fully saturated rings. The van der Waals surface area contributed by atoms with Gasteiger partial charge >= 0.3 is 0 Å². The van der Waals surface area contributed by atoms with E-state index in [-0.39, 0.29) is 5.41 Å². The molecule has 2 aromatic carbocycles. The number of hydrogen-bond donors (Lipinski definition) is 1. The maximum atomic E-state index is 5.94. The van der Waals surface area contributed by atoms with E-state index in [0.717, 1.165) is 29.2 Å². The van der Waals surface area contributed by atoms with Gasteiger partial charge in [-0.2, -0.15) is 0 Å². The monoisotopic (exact) mass is 343 g/mol. The van der Waals surface area contributed by atoms with E-state index in [0.29, 0.717) is 19.8 Å². The minimum absolute atomic E-state index is 0.0412. The second kappa shape index (κ2) is 8.77. The van der Waals surface area contributed by atoms with Gasteiger partial charge in [0.15, 0.2) is 11.5 Å². The standard InChI is InChI=1S/C21H29NO3/c1-21(2,3)17-7-5-6-8-18(17)24-13-14-25-19-10-9-16(11-12-22)15-20(19)23-4/h5-10,15H,11-14,22H2,1-4H3. The van der Waals surface area contributed by atoms with Gasteiger partial charge in [0.25, 0.3) is 0 Å². The Kier molecular flexibility index (Phi) is 6.71. The van der Waals surface area contributed by atoms with Crippen molar-refractivity contribution in [3.05, 3.63) is 53.6 Å². The molecule has 0 unspecified atom stereocenters. The Morgan fingerprint density at radius 1 is 0.880 bits per heavy atom. The predicted molar refractivity (Wildman–Crippen MR) is 102 cm³/mol. The second-order valence-corrected chi connectivity index (χ2v) is 6.97. The second-order valence-electron chi connectivity index (χ2n) is 6.97. The molecule has 0 aromatic heterocycles. The lowest BCUT2D eigenvalue weighted by atomic mass is 9.86. The van der Waals surface area contributed by atoms with E-state index in [1.54, 1.807) is 7.11 Å². The third kappa shape index (κ3) is 5.40. The Balaban J connectivity index is 1.94. The highest BCUT2D eigenvalue weighted by atomic mass is 16.5. The highest BCUT2D eigenvalue weighted by Gasteiger charge is 2.18. The molecular weight excluding hydrogens is 314 g/mol. The number of hydrogen-bond acceptors (Lipinski definition) is 4. The first-order valence-corrected chi connectivity index (χ1v) is 8.68. The van der Waals surface area contributed by atoms with Gasteiger partial charge in [-0.25, -0.2) is 0 Å². The lowest BCUT2D eigenvalue weighted by Crippen LogP contribution is -2.16. The fourth-order valence-corrected chi connectivity index (χ4v) is 2.67. The third-order valence-electron chi connectivity index (χ3n) is 3.95. The molecule has 0 bridgehead atoms. The summed E-state index contributed by atoms with van der Waals surface area (Å²) < 4.78 is 17.2. The van der Waals surface area contributed by atoms with Crippen LogP contribution in [0.1, 0.15) is 31.9 Å². The Bertz CT molecular complexity index is 677. The van der Waals surface area contributed by atoms with Crippen molar-refractivity contribution >= 4 is 0 Å². The molecule has 0 aliphatic rings. The van der Waals surface area contributed by atoms with Gasteiger partial charge in [-0.3, -0.25) is 0 Å². The minimum atomic E-state index is 0.0412. The van der Waals surface area contributed by atoms with Crippen molar-refractivity contribution in [3.8, 4) is 17.2 Å². The number of methoxy groups -OCH3 is 1. The number of rotatable bonds is 8. The highest BCUT2D eigenvalue weighted by Crippen LogP contribution is 2.31. The molecule has 0 saturated carbocycles. The number of nitrogens with two attached hydrogens (primary N) is 1. The normalized spacial score (nSPS) is 11.2. The minimum Gasteiger partial charge on any atom is -0.493 e. The Morgan fingerprint density at radius 3 is 2.20 bits per heavy atom. The molecule has 25 heavy (non-hydrogen) atoms. The van der Waals surface area contributed by atoms with E-state index in [1.807, 2.05) is 36.4 Å². The van der Waals surface area contributed by atoms with Crippen LogP contribution in [0.2, 0.25) is 0 Å². The van der Waals surface area contributed by atoms with E-state index >= 15 is 0 Å². The van der Waals surface area contributed by atoms with Crippen molar-refractivity contribution in [2.24, 2.45) is 5.73 Å². The molecule has 2 aromatic rings. The van der Waals surface area contributed by atoms with Gasteiger partial charge in [0.2, 0.25) is 0 Å². The SMILES string of the molecule is COc1cc(CCN)ccc1OCCOc1ccccc1C(C)(C)C. The van der Waals surface area contributed by atoms with Gasteiger partial charge in [-0.1, -0.05) is 45.0 Å². The van der Waals surface area contributed by atoms with Crippen molar-refractivity contribution in [1.82, 2.24) is 0 Å². The van der Waals surface area contributed by atoms with Gasteiger partial charge in [0.1, 0.15) is 19.0 Å². The van der Waals surface area contributed by atoms with Crippen LogP contribution >= 0.6 is 0 Å². The summed E-state index contributed by atoms with van der Waals surface area (Å²) in [5.74, 6) is 2.35. The summed E-state index contributed by atoms with van der Waals surface area (Å²) in [6, 6.07) is 14.0. The van der Waals surface area contributed by atoms with Crippen LogP contribution < -0.4 is 19.9 Å². The van der Waals surface area contributed by atoms with Crippen LogP contribution in [-0.2, 0) is 11.8 Å². The molecule has 0 radical (unpaired) electrons. The number of para-hydroxylation sites is 1. The molecule has 0 saturated heterocycles. The number of ether oxygens (including phenoxy) is 3. The average molecular weight is 343 g/mol. The lowest BCUT2D eigenvalue weighted by Gasteiger charge is -2.22.